The highest BCUT2D eigenvalue weighted by Crippen LogP contribution is 2.15. The van der Waals surface area contributed by atoms with Gasteiger partial charge in [-0.15, -0.1) is 0 Å². The van der Waals surface area contributed by atoms with E-state index in [0.29, 0.717) is 0 Å². The molecule has 3 heteroatoms. The minimum atomic E-state index is -0.162. The van der Waals surface area contributed by atoms with Crippen LogP contribution in [0.3, 0.4) is 0 Å². The number of hydrogen-bond donors (Lipinski definition) is 1. The zero-order chi connectivity index (χ0) is 12.1. The molecule has 1 aliphatic rings. The average molecular weight is 236 g/mol. The van der Waals surface area contributed by atoms with E-state index in [1.807, 2.05) is 13.0 Å². The molecule has 1 aromatic carbocycles. The van der Waals surface area contributed by atoms with Crippen molar-refractivity contribution in [1.82, 2.24) is 4.90 Å². The Labute approximate surface area is 103 Å². The molecule has 2 rings (SSSR count). The van der Waals surface area contributed by atoms with Crippen LogP contribution in [0.5, 0.6) is 0 Å². The summed E-state index contributed by atoms with van der Waals surface area (Å²) in [5.41, 5.74) is 2.03. The Morgan fingerprint density at radius 1 is 1.29 bits per heavy atom. The lowest BCUT2D eigenvalue weighted by atomic mass is 10.2. The van der Waals surface area contributed by atoms with Gasteiger partial charge in [-0.1, -0.05) is 0 Å². The van der Waals surface area contributed by atoms with E-state index in [-0.39, 0.29) is 5.82 Å². The molecule has 0 aromatic heterocycles. The summed E-state index contributed by atoms with van der Waals surface area (Å²) in [6, 6.07) is 4.90. The molecule has 1 aromatic rings. The fourth-order valence-electron chi connectivity index (χ4n) is 2.36. The van der Waals surface area contributed by atoms with Gasteiger partial charge in [0.1, 0.15) is 5.82 Å². The highest BCUT2D eigenvalue weighted by Gasteiger charge is 2.10. The maximum atomic E-state index is 12.9. The minimum Gasteiger partial charge on any atom is -0.385 e. The lowest BCUT2D eigenvalue weighted by Crippen LogP contribution is -2.22. The third kappa shape index (κ3) is 3.70. The van der Waals surface area contributed by atoms with Gasteiger partial charge in [0.2, 0.25) is 0 Å². The van der Waals surface area contributed by atoms with Crippen molar-refractivity contribution in [3.05, 3.63) is 29.6 Å². The highest BCUT2D eigenvalue weighted by molar-refractivity contribution is 5.50. The molecule has 17 heavy (non-hydrogen) atoms. The van der Waals surface area contributed by atoms with Gasteiger partial charge in [0.25, 0.3) is 0 Å². The Hall–Kier alpha value is -1.09. The monoisotopic (exact) mass is 236 g/mol. The Balaban J connectivity index is 1.70. The second-order valence-corrected chi connectivity index (χ2v) is 4.79. The van der Waals surface area contributed by atoms with Crippen molar-refractivity contribution < 1.29 is 4.39 Å². The van der Waals surface area contributed by atoms with E-state index >= 15 is 0 Å². The van der Waals surface area contributed by atoms with Gasteiger partial charge in [-0.25, -0.2) is 4.39 Å². The highest BCUT2D eigenvalue weighted by atomic mass is 19.1. The molecule has 1 heterocycles. The van der Waals surface area contributed by atoms with E-state index in [9.17, 15) is 4.39 Å². The molecule has 0 aliphatic carbocycles. The second-order valence-electron chi connectivity index (χ2n) is 4.79. The molecule has 1 N–H and O–H groups in total. The molecular formula is C14H21FN2. The van der Waals surface area contributed by atoms with Gasteiger partial charge in [0, 0.05) is 12.2 Å². The fourth-order valence-corrected chi connectivity index (χ4v) is 2.36. The summed E-state index contributed by atoms with van der Waals surface area (Å²) in [5, 5.41) is 3.37. The quantitative estimate of drug-likeness (QED) is 0.791. The molecular weight excluding hydrogens is 215 g/mol. The Morgan fingerprint density at radius 2 is 2.06 bits per heavy atom. The van der Waals surface area contributed by atoms with Gasteiger partial charge in [-0.2, -0.15) is 0 Å². The summed E-state index contributed by atoms with van der Waals surface area (Å²) >= 11 is 0. The van der Waals surface area contributed by atoms with Crippen molar-refractivity contribution in [1.29, 1.82) is 0 Å². The second kappa shape index (κ2) is 6.01. The molecule has 0 saturated carbocycles. The first-order valence-electron chi connectivity index (χ1n) is 6.48. The molecule has 0 bridgehead atoms. The van der Waals surface area contributed by atoms with Crippen LogP contribution in [0, 0.1) is 12.7 Å². The zero-order valence-electron chi connectivity index (χ0n) is 10.5. The van der Waals surface area contributed by atoms with Crippen LogP contribution in [0.25, 0.3) is 0 Å². The molecule has 0 spiro atoms. The van der Waals surface area contributed by atoms with E-state index in [2.05, 4.69) is 10.2 Å². The molecule has 0 radical (unpaired) electrons. The fraction of sp³-hybridized carbons (Fsp3) is 0.571. The molecule has 2 nitrogen and oxygen atoms in total. The first kappa shape index (κ1) is 12.4. The van der Waals surface area contributed by atoms with Crippen LogP contribution in [0.15, 0.2) is 18.2 Å². The van der Waals surface area contributed by atoms with Gasteiger partial charge >= 0.3 is 0 Å². The standard InChI is InChI=1S/C14H21FN2/c1-12-11-13(15)5-6-14(12)16-7-4-10-17-8-2-3-9-17/h5-6,11,16H,2-4,7-10H2,1H3. The summed E-state index contributed by atoms with van der Waals surface area (Å²) in [4.78, 5) is 2.51. The molecule has 1 saturated heterocycles. The van der Waals surface area contributed by atoms with E-state index in [1.54, 1.807) is 6.07 Å². The number of anilines is 1. The first-order chi connectivity index (χ1) is 8.25. The van der Waals surface area contributed by atoms with Crippen LogP contribution in [0.1, 0.15) is 24.8 Å². The lowest BCUT2D eigenvalue weighted by Gasteiger charge is -2.15. The van der Waals surface area contributed by atoms with Crippen molar-refractivity contribution in [3.8, 4) is 0 Å². The zero-order valence-corrected chi connectivity index (χ0v) is 10.5. The van der Waals surface area contributed by atoms with E-state index < -0.39 is 0 Å². The minimum absolute atomic E-state index is 0.162. The van der Waals surface area contributed by atoms with Crippen molar-refractivity contribution in [3.63, 3.8) is 0 Å². The third-order valence-electron chi connectivity index (χ3n) is 3.35. The maximum Gasteiger partial charge on any atom is 0.123 e. The summed E-state index contributed by atoms with van der Waals surface area (Å²) in [7, 11) is 0. The van der Waals surface area contributed by atoms with Crippen molar-refractivity contribution >= 4 is 5.69 Å². The number of rotatable bonds is 5. The van der Waals surface area contributed by atoms with E-state index in [4.69, 9.17) is 0 Å². The van der Waals surface area contributed by atoms with Crippen LogP contribution in [-0.2, 0) is 0 Å². The number of halogens is 1. The van der Waals surface area contributed by atoms with Crippen molar-refractivity contribution in [2.24, 2.45) is 0 Å². The number of hydrogen-bond acceptors (Lipinski definition) is 2. The van der Waals surface area contributed by atoms with Crippen LogP contribution >= 0.6 is 0 Å². The number of nitrogens with one attached hydrogen (secondary N) is 1. The summed E-state index contributed by atoms with van der Waals surface area (Å²) < 4.78 is 12.9. The molecule has 0 amide bonds. The average Bonchev–Trinajstić information content (AvgIpc) is 2.79. The Kier molecular flexibility index (Phi) is 4.37. The Bertz CT molecular complexity index is 359. The molecule has 94 valence electrons. The predicted octanol–water partition coefficient (Wildman–Crippen LogP) is 3.03. The first-order valence-corrected chi connectivity index (χ1v) is 6.48. The smallest absolute Gasteiger partial charge is 0.123 e. The molecule has 1 aliphatic heterocycles. The van der Waals surface area contributed by atoms with Crippen LogP contribution < -0.4 is 5.32 Å². The van der Waals surface area contributed by atoms with E-state index in [1.165, 1.54) is 38.5 Å². The van der Waals surface area contributed by atoms with Crippen LogP contribution in [0.2, 0.25) is 0 Å². The van der Waals surface area contributed by atoms with Gasteiger partial charge in [-0.3, -0.25) is 0 Å². The van der Waals surface area contributed by atoms with Crippen molar-refractivity contribution in [2.75, 3.05) is 31.5 Å². The van der Waals surface area contributed by atoms with Gasteiger partial charge in [-0.05, 0) is 69.6 Å². The topological polar surface area (TPSA) is 15.3 Å². The summed E-state index contributed by atoms with van der Waals surface area (Å²) in [5.74, 6) is -0.162. The lowest BCUT2D eigenvalue weighted by molar-refractivity contribution is 0.337. The molecule has 0 unspecified atom stereocenters. The Morgan fingerprint density at radius 3 is 2.76 bits per heavy atom. The largest absolute Gasteiger partial charge is 0.385 e. The molecule has 1 fully saturated rings. The van der Waals surface area contributed by atoms with E-state index in [0.717, 1.165) is 24.2 Å². The molecule has 0 atom stereocenters. The summed E-state index contributed by atoms with van der Waals surface area (Å²) in [6.45, 7) is 6.59. The van der Waals surface area contributed by atoms with Gasteiger partial charge < -0.3 is 10.2 Å². The van der Waals surface area contributed by atoms with Crippen LogP contribution in [0.4, 0.5) is 10.1 Å². The summed E-state index contributed by atoms with van der Waals surface area (Å²) in [6.07, 6.45) is 3.85. The normalized spacial score (nSPS) is 16.4. The SMILES string of the molecule is Cc1cc(F)ccc1NCCCN1CCCC1. The number of benzene rings is 1. The van der Waals surface area contributed by atoms with Crippen molar-refractivity contribution in [2.45, 2.75) is 26.2 Å². The predicted molar refractivity (Wildman–Crippen MR) is 69.9 cm³/mol. The van der Waals surface area contributed by atoms with Gasteiger partial charge in [0.05, 0.1) is 0 Å². The number of likely N-dealkylation sites (tertiary alicyclic amines) is 1. The number of aryl methyl sites for hydroxylation is 1. The number of nitrogens with zero attached hydrogens (tertiary/aromatic N) is 1. The van der Waals surface area contributed by atoms with Crippen LogP contribution in [-0.4, -0.2) is 31.1 Å². The maximum absolute atomic E-state index is 12.9. The third-order valence-corrected chi connectivity index (χ3v) is 3.35. The van der Waals surface area contributed by atoms with Gasteiger partial charge in [0.15, 0.2) is 0 Å².